The summed E-state index contributed by atoms with van der Waals surface area (Å²) in [6.07, 6.45) is 3.20. The summed E-state index contributed by atoms with van der Waals surface area (Å²) < 4.78 is 0. The van der Waals surface area contributed by atoms with Crippen LogP contribution < -0.4 is 5.32 Å². The van der Waals surface area contributed by atoms with Crippen molar-refractivity contribution in [3.05, 3.63) is 0 Å². The third-order valence-electron chi connectivity index (χ3n) is 3.90. The number of nitrogens with one attached hydrogen (secondary N) is 1. The first-order chi connectivity index (χ1) is 8.67. The Morgan fingerprint density at radius 3 is 2.44 bits per heavy atom. The Morgan fingerprint density at radius 2 is 1.89 bits per heavy atom. The fraction of sp³-hybridized carbons (Fsp3) is 0.929. The van der Waals surface area contributed by atoms with Gasteiger partial charge >= 0.3 is 0 Å². The molecule has 0 spiro atoms. The van der Waals surface area contributed by atoms with Gasteiger partial charge in [-0.15, -0.1) is 0 Å². The molecule has 0 aliphatic carbocycles. The highest BCUT2D eigenvalue weighted by atomic mass is 16.2. The van der Waals surface area contributed by atoms with E-state index in [9.17, 15) is 4.79 Å². The predicted octanol–water partition coefficient (Wildman–Crippen LogP) is 1.18. The molecule has 1 aliphatic heterocycles. The minimum Gasteiger partial charge on any atom is -0.343 e. The van der Waals surface area contributed by atoms with Gasteiger partial charge in [-0.2, -0.15) is 0 Å². The van der Waals surface area contributed by atoms with Crippen molar-refractivity contribution in [1.82, 2.24) is 15.1 Å². The molecular weight excluding hydrogens is 226 g/mol. The Kier molecular flexibility index (Phi) is 7.28. The average Bonchev–Trinajstić information content (AvgIpc) is 2.38. The first-order valence-corrected chi connectivity index (χ1v) is 7.34. The normalized spacial score (nSPS) is 17.9. The van der Waals surface area contributed by atoms with E-state index in [0.29, 0.717) is 6.42 Å². The van der Waals surface area contributed by atoms with Crippen LogP contribution in [0.1, 0.15) is 33.1 Å². The summed E-state index contributed by atoms with van der Waals surface area (Å²) in [7, 11) is 2.19. The number of likely N-dealkylation sites (tertiary alicyclic amines) is 1. The third-order valence-corrected chi connectivity index (χ3v) is 3.90. The van der Waals surface area contributed by atoms with Gasteiger partial charge in [0.05, 0.1) is 0 Å². The Morgan fingerprint density at radius 1 is 1.28 bits per heavy atom. The highest BCUT2D eigenvalue weighted by Gasteiger charge is 2.16. The number of hydrogen-bond acceptors (Lipinski definition) is 3. The van der Waals surface area contributed by atoms with Crippen LogP contribution in [0, 0.1) is 5.92 Å². The summed E-state index contributed by atoms with van der Waals surface area (Å²) in [5.41, 5.74) is 0. The zero-order valence-electron chi connectivity index (χ0n) is 12.2. The summed E-state index contributed by atoms with van der Waals surface area (Å²) in [5, 5.41) is 3.44. The molecular formula is C14H29N3O. The maximum Gasteiger partial charge on any atom is 0.223 e. The fourth-order valence-corrected chi connectivity index (χ4v) is 2.50. The second-order valence-electron chi connectivity index (χ2n) is 5.27. The number of amides is 1. The summed E-state index contributed by atoms with van der Waals surface area (Å²) in [6.45, 7) is 10.0. The molecule has 1 aliphatic rings. The van der Waals surface area contributed by atoms with Gasteiger partial charge in [-0.25, -0.2) is 0 Å². The second kappa shape index (κ2) is 8.48. The summed E-state index contributed by atoms with van der Waals surface area (Å²) in [4.78, 5) is 16.1. The second-order valence-corrected chi connectivity index (χ2v) is 5.27. The number of rotatable bonds is 7. The van der Waals surface area contributed by atoms with Gasteiger partial charge < -0.3 is 15.1 Å². The van der Waals surface area contributed by atoms with Gasteiger partial charge in [-0.05, 0) is 59.3 Å². The molecule has 0 bridgehead atoms. The molecule has 1 fully saturated rings. The van der Waals surface area contributed by atoms with Crippen molar-refractivity contribution in [1.29, 1.82) is 0 Å². The zero-order chi connectivity index (χ0) is 13.4. The molecule has 1 N–H and O–H groups in total. The van der Waals surface area contributed by atoms with Gasteiger partial charge in [0.15, 0.2) is 0 Å². The molecule has 1 rings (SSSR count). The Labute approximate surface area is 112 Å². The van der Waals surface area contributed by atoms with E-state index < -0.39 is 0 Å². The molecule has 0 radical (unpaired) electrons. The van der Waals surface area contributed by atoms with E-state index in [1.807, 2.05) is 18.7 Å². The monoisotopic (exact) mass is 255 g/mol. The molecule has 1 saturated heterocycles. The Bertz CT molecular complexity index is 233. The van der Waals surface area contributed by atoms with E-state index in [4.69, 9.17) is 0 Å². The smallest absolute Gasteiger partial charge is 0.223 e. The minimum atomic E-state index is 0.274. The lowest BCUT2D eigenvalue weighted by molar-refractivity contribution is -0.130. The molecule has 0 atom stereocenters. The van der Waals surface area contributed by atoms with Crippen LogP contribution in [0.15, 0.2) is 0 Å². The highest BCUT2D eigenvalue weighted by molar-refractivity contribution is 5.76. The Hall–Kier alpha value is -0.610. The first kappa shape index (κ1) is 15.4. The maximum atomic E-state index is 11.8. The number of nitrogens with zero attached hydrogens (tertiary/aromatic N) is 2. The topological polar surface area (TPSA) is 35.6 Å². The number of hydrogen-bond donors (Lipinski definition) is 1. The van der Waals surface area contributed by atoms with Crippen LogP contribution in [0.25, 0.3) is 0 Å². The van der Waals surface area contributed by atoms with Gasteiger partial charge in [0.25, 0.3) is 0 Å². The van der Waals surface area contributed by atoms with Crippen molar-refractivity contribution in [2.75, 3.05) is 46.3 Å². The van der Waals surface area contributed by atoms with Gasteiger partial charge in [0, 0.05) is 26.1 Å². The molecule has 0 aromatic carbocycles. The van der Waals surface area contributed by atoms with Crippen molar-refractivity contribution < 1.29 is 4.79 Å². The van der Waals surface area contributed by atoms with E-state index in [0.717, 1.165) is 32.1 Å². The molecule has 1 amide bonds. The van der Waals surface area contributed by atoms with Gasteiger partial charge in [0.2, 0.25) is 5.91 Å². The van der Waals surface area contributed by atoms with Crippen LogP contribution in [0.4, 0.5) is 0 Å². The fourth-order valence-electron chi connectivity index (χ4n) is 2.50. The lowest BCUT2D eigenvalue weighted by Crippen LogP contribution is -2.37. The van der Waals surface area contributed by atoms with Crippen molar-refractivity contribution in [2.24, 2.45) is 5.92 Å². The molecule has 0 aromatic heterocycles. The number of carbonyl (C=O) groups excluding carboxylic acids is 1. The van der Waals surface area contributed by atoms with E-state index >= 15 is 0 Å². The molecule has 18 heavy (non-hydrogen) atoms. The van der Waals surface area contributed by atoms with Crippen LogP contribution in [0.5, 0.6) is 0 Å². The molecule has 4 heteroatoms. The lowest BCUT2D eigenvalue weighted by Gasteiger charge is -2.29. The van der Waals surface area contributed by atoms with E-state index in [1.165, 1.54) is 25.9 Å². The third kappa shape index (κ3) is 5.36. The van der Waals surface area contributed by atoms with Crippen molar-refractivity contribution >= 4 is 5.91 Å². The van der Waals surface area contributed by atoms with Crippen molar-refractivity contribution in [3.63, 3.8) is 0 Å². The quantitative estimate of drug-likeness (QED) is 0.694. The number of carbonyl (C=O) groups is 1. The first-order valence-electron chi connectivity index (χ1n) is 7.34. The standard InChI is InChI=1S/C14H29N3O/c1-4-17(5-2)14(18)6-9-15-12-13-7-10-16(3)11-8-13/h13,15H,4-12H2,1-3H3. The van der Waals surface area contributed by atoms with E-state index in [-0.39, 0.29) is 5.91 Å². The largest absolute Gasteiger partial charge is 0.343 e. The summed E-state index contributed by atoms with van der Waals surface area (Å²) >= 11 is 0. The van der Waals surface area contributed by atoms with Gasteiger partial charge in [0.1, 0.15) is 0 Å². The maximum absolute atomic E-state index is 11.8. The molecule has 106 valence electrons. The number of piperidine rings is 1. The lowest BCUT2D eigenvalue weighted by atomic mass is 9.97. The van der Waals surface area contributed by atoms with Crippen molar-refractivity contribution in [2.45, 2.75) is 33.1 Å². The molecule has 0 saturated carbocycles. The predicted molar refractivity (Wildman–Crippen MR) is 75.6 cm³/mol. The van der Waals surface area contributed by atoms with E-state index in [2.05, 4.69) is 17.3 Å². The average molecular weight is 255 g/mol. The van der Waals surface area contributed by atoms with Crippen LogP contribution >= 0.6 is 0 Å². The van der Waals surface area contributed by atoms with Crippen LogP contribution in [-0.4, -0.2) is 62.0 Å². The van der Waals surface area contributed by atoms with Crippen LogP contribution in [0.2, 0.25) is 0 Å². The molecule has 4 nitrogen and oxygen atoms in total. The van der Waals surface area contributed by atoms with Gasteiger partial charge in [-0.1, -0.05) is 0 Å². The molecule has 1 heterocycles. The van der Waals surface area contributed by atoms with Crippen LogP contribution in [0.3, 0.4) is 0 Å². The minimum absolute atomic E-state index is 0.274. The van der Waals surface area contributed by atoms with Crippen LogP contribution in [-0.2, 0) is 4.79 Å². The van der Waals surface area contributed by atoms with Gasteiger partial charge in [-0.3, -0.25) is 4.79 Å². The SMILES string of the molecule is CCN(CC)C(=O)CCNCC1CCN(C)CC1. The Balaban J connectivity index is 2.06. The molecule has 0 aromatic rings. The highest BCUT2D eigenvalue weighted by Crippen LogP contribution is 2.14. The van der Waals surface area contributed by atoms with E-state index in [1.54, 1.807) is 0 Å². The van der Waals surface area contributed by atoms with Crippen molar-refractivity contribution in [3.8, 4) is 0 Å². The summed E-state index contributed by atoms with van der Waals surface area (Å²) in [6, 6.07) is 0. The molecule has 0 unspecified atom stereocenters. The summed E-state index contributed by atoms with van der Waals surface area (Å²) in [5.74, 6) is 1.07. The zero-order valence-corrected chi connectivity index (χ0v) is 12.2.